The van der Waals surface area contributed by atoms with Crippen LogP contribution in [0.2, 0.25) is 0 Å². The van der Waals surface area contributed by atoms with Crippen molar-refractivity contribution in [2.75, 3.05) is 33.2 Å². The normalized spacial score (nSPS) is 15.6. The molecule has 25 heavy (non-hydrogen) atoms. The molecule has 0 aliphatic carbocycles. The summed E-state index contributed by atoms with van der Waals surface area (Å²) in [5.41, 5.74) is 2.39. The number of nitrogens with one attached hydrogen (secondary N) is 1. The standard InChI is InChI=1S/C19H24N4O2/c1-13(2)14-4-6-15(7-5-14)16-12-17(21-19(25)20-16)18(24)23-10-8-22(3)9-11-23/h4-7,12-13H,8-11H2,1-3H3,(H,20,21,25). The third-order valence-corrected chi connectivity index (χ3v) is 4.64. The van der Waals surface area contributed by atoms with Crippen LogP contribution in [0, 0.1) is 0 Å². The Morgan fingerprint density at radius 2 is 1.76 bits per heavy atom. The molecule has 6 heteroatoms. The fraction of sp³-hybridized carbons (Fsp3) is 0.421. The predicted octanol–water partition coefficient (Wildman–Crippen LogP) is 1.95. The van der Waals surface area contributed by atoms with Gasteiger partial charge in [-0.15, -0.1) is 0 Å². The van der Waals surface area contributed by atoms with Crippen LogP contribution in [0.5, 0.6) is 0 Å². The smallest absolute Gasteiger partial charge is 0.335 e. The van der Waals surface area contributed by atoms with Crippen molar-refractivity contribution in [3.8, 4) is 11.3 Å². The van der Waals surface area contributed by atoms with Gasteiger partial charge in [0, 0.05) is 31.7 Å². The molecule has 0 spiro atoms. The molecule has 0 saturated carbocycles. The van der Waals surface area contributed by atoms with Crippen molar-refractivity contribution in [1.82, 2.24) is 19.8 Å². The molecule has 0 atom stereocenters. The van der Waals surface area contributed by atoms with Crippen LogP contribution in [-0.2, 0) is 0 Å². The Morgan fingerprint density at radius 3 is 2.36 bits per heavy atom. The van der Waals surface area contributed by atoms with Gasteiger partial charge in [0.15, 0.2) is 0 Å². The molecular formula is C19H24N4O2. The van der Waals surface area contributed by atoms with Crippen LogP contribution in [0.4, 0.5) is 0 Å². The van der Waals surface area contributed by atoms with Gasteiger partial charge in [0.05, 0.1) is 5.69 Å². The molecule has 1 aliphatic heterocycles. The van der Waals surface area contributed by atoms with Crippen LogP contribution in [-0.4, -0.2) is 58.9 Å². The van der Waals surface area contributed by atoms with Crippen LogP contribution in [0.15, 0.2) is 35.1 Å². The fourth-order valence-corrected chi connectivity index (χ4v) is 2.94. The average Bonchev–Trinajstić information content (AvgIpc) is 2.61. The van der Waals surface area contributed by atoms with Gasteiger partial charge >= 0.3 is 5.69 Å². The Kier molecular flexibility index (Phi) is 4.99. The zero-order valence-corrected chi connectivity index (χ0v) is 15.0. The Balaban J connectivity index is 1.87. The maximum Gasteiger partial charge on any atom is 0.346 e. The zero-order chi connectivity index (χ0) is 18.0. The summed E-state index contributed by atoms with van der Waals surface area (Å²) in [4.78, 5) is 35.2. The highest BCUT2D eigenvalue weighted by atomic mass is 16.2. The number of carbonyl (C=O) groups excluding carboxylic acids is 1. The average molecular weight is 340 g/mol. The van der Waals surface area contributed by atoms with Crippen molar-refractivity contribution < 1.29 is 4.79 Å². The molecule has 1 aromatic carbocycles. The maximum absolute atomic E-state index is 12.7. The van der Waals surface area contributed by atoms with Crippen molar-refractivity contribution in [2.24, 2.45) is 0 Å². The number of H-pyrrole nitrogens is 1. The van der Waals surface area contributed by atoms with Gasteiger partial charge in [-0.2, -0.15) is 4.98 Å². The molecule has 1 fully saturated rings. The lowest BCUT2D eigenvalue weighted by atomic mass is 10.0. The molecule has 6 nitrogen and oxygen atoms in total. The molecule has 1 aliphatic rings. The van der Waals surface area contributed by atoms with E-state index in [2.05, 4.69) is 28.7 Å². The lowest BCUT2D eigenvalue weighted by Crippen LogP contribution is -2.47. The van der Waals surface area contributed by atoms with E-state index in [4.69, 9.17) is 0 Å². The quantitative estimate of drug-likeness (QED) is 0.927. The van der Waals surface area contributed by atoms with Crippen molar-refractivity contribution in [2.45, 2.75) is 19.8 Å². The second kappa shape index (κ2) is 7.19. The van der Waals surface area contributed by atoms with Crippen molar-refractivity contribution >= 4 is 5.91 Å². The van der Waals surface area contributed by atoms with E-state index in [-0.39, 0.29) is 5.91 Å². The first-order valence-corrected chi connectivity index (χ1v) is 8.63. The van der Waals surface area contributed by atoms with Crippen LogP contribution in [0.3, 0.4) is 0 Å². The van der Waals surface area contributed by atoms with Crippen LogP contribution >= 0.6 is 0 Å². The first kappa shape index (κ1) is 17.4. The Labute approximate surface area is 147 Å². The van der Waals surface area contributed by atoms with Gasteiger partial charge in [0.25, 0.3) is 5.91 Å². The van der Waals surface area contributed by atoms with Gasteiger partial charge in [-0.1, -0.05) is 38.1 Å². The SMILES string of the molecule is CC(C)c1ccc(-c2cc(C(=O)N3CCN(C)CC3)[nH]c(=O)n2)cc1. The summed E-state index contributed by atoms with van der Waals surface area (Å²) >= 11 is 0. The number of hydrogen-bond acceptors (Lipinski definition) is 4. The van der Waals surface area contributed by atoms with Crippen molar-refractivity contribution in [3.05, 3.63) is 52.1 Å². The van der Waals surface area contributed by atoms with E-state index < -0.39 is 5.69 Å². The predicted molar refractivity (Wildman–Crippen MR) is 97.8 cm³/mol. The largest absolute Gasteiger partial charge is 0.346 e. The molecule has 0 radical (unpaired) electrons. The van der Waals surface area contributed by atoms with Gasteiger partial charge in [0.2, 0.25) is 0 Å². The van der Waals surface area contributed by atoms with E-state index in [9.17, 15) is 9.59 Å². The zero-order valence-electron chi connectivity index (χ0n) is 15.0. The van der Waals surface area contributed by atoms with Gasteiger partial charge in [-0.3, -0.25) is 4.79 Å². The van der Waals surface area contributed by atoms with E-state index in [1.807, 2.05) is 31.3 Å². The monoisotopic (exact) mass is 340 g/mol. The minimum atomic E-state index is -0.497. The van der Waals surface area contributed by atoms with Crippen molar-refractivity contribution in [3.63, 3.8) is 0 Å². The number of piperazine rings is 1. The lowest BCUT2D eigenvalue weighted by Gasteiger charge is -2.32. The number of likely N-dealkylation sites (N-methyl/N-ethyl adjacent to an activating group) is 1. The minimum absolute atomic E-state index is 0.146. The van der Waals surface area contributed by atoms with E-state index in [1.165, 1.54) is 5.56 Å². The minimum Gasteiger partial charge on any atom is -0.335 e. The number of benzene rings is 1. The van der Waals surface area contributed by atoms with E-state index >= 15 is 0 Å². The first-order valence-electron chi connectivity index (χ1n) is 8.63. The fourth-order valence-electron chi connectivity index (χ4n) is 2.94. The molecule has 3 rings (SSSR count). The lowest BCUT2D eigenvalue weighted by molar-refractivity contribution is 0.0657. The first-order chi connectivity index (χ1) is 11.9. The molecule has 2 aromatic rings. The number of nitrogens with zero attached hydrogens (tertiary/aromatic N) is 3. The summed E-state index contributed by atoms with van der Waals surface area (Å²) in [6.07, 6.45) is 0. The molecular weight excluding hydrogens is 316 g/mol. The highest BCUT2D eigenvalue weighted by Crippen LogP contribution is 2.21. The van der Waals surface area contributed by atoms with Crippen LogP contribution in [0.25, 0.3) is 11.3 Å². The molecule has 1 saturated heterocycles. The number of hydrogen-bond donors (Lipinski definition) is 1. The van der Waals surface area contributed by atoms with E-state index in [0.717, 1.165) is 18.7 Å². The molecule has 0 bridgehead atoms. The topological polar surface area (TPSA) is 69.3 Å². The van der Waals surface area contributed by atoms with Gasteiger partial charge in [-0.25, -0.2) is 4.79 Å². The van der Waals surface area contributed by atoms with Crippen LogP contribution < -0.4 is 5.69 Å². The number of aromatic amines is 1. The van der Waals surface area contributed by atoms with Gasteiger partial charge in [-0.05, 0) is 24.6 Å². The Morgan fingerprint density at radius 1 is 1.12 bits per heavy atom. The second-order valence-electron chi connectivity index (χ2n) is 6.86. The second-order valence-corrected chi connectivity index (χ2v) is 6.86. The highest BCUT2D eigenvalue weighted by molar-refractivity contribution is 5.93. The number of rotatable bonds is 3. The molecule has 1 N–H and O–H groups in total. The third kappa shape index (κ3) is 3.96. The third-order valence-electron chi connectivity index (χ3n) is 4.64. The summed E-state index contributed by atoms with van der Waals surface area (Å²) in [5, 5.41) is 0. The Bertz CT molecular complexity index is 803. The summed E-state index contributed by atoms with van der Waals surface area (Å²) in [6.45, 7) is 7.27. The maximum atomic E-state index is 12.7. The summed E-state index contributed by atoms with van der Waals surface area (Å²) in [5.74, 6) is 0.295. The summed E-state index contributed by atoms with van der Waals surface area (Å²) < 4.78 is 0. The molecule has 0 unspecified atom stereocenters. The summed E-state index contributed by atoms with van der Waals surface area (Å²) in [7, 11) is 2.04. The van der Waals surface area contributed by atoms with Gasteiger partial charge in [0.1, 0.15) is 5.69 Å². The van der Waals surface area contributed by atoms with Crippen molar-refractivity contribution in [1.29, 1.82) is 0 Å². The molecule has 1 aromatic heterocycles. The van der Waals surface area contributed by atoms with E-state index in [1.54, 1.807) is 11.0 Å². The molecule has 2 heterocycles. The summed E-state index contributed by atoms with van der Waals surface area (Å²) in [6, 6.07) is 9.63. The highest BCUT2D eigenvalue weighted by Gasteiger charge is 2.21. The number of amides is 1. The molecule has 1 amide bonds. The van der Waals surface area contributed by atoms with E-state index in [0.29, 0.717) is 30.4 Å². The Hall–Kier alpha value is -2.47. The van der Waals surface area contributed by atoms with Crippen LogP contribution in [0.1, 0.15) is 35.8 Å². The number of carbonyl (C=O) groups is 1. The molecule has 132 valence electrons. The number of aromatic nitrogens is 2. The van der Waals surface area contributed by atoms with Gasteiger partial charge < -0.3 is 14.8 Å².